The first-order chi connectivity index (χ1) is 13.5. The lowest BCUT2D eigenvalue weighted by atomic mass is 10.0. The van der Waals surface area contributed by atoms with Gasteiger partial charge < -0.3 is 0 Å². The van der Waals surface area contributed by atoms with Gasteiger partial charge in [-0.05, 0) is 36.8 Å². The lowest BCUT2D eigenvalue weighted by Crippen LogP contribution is -2.49. The summed E-state index contributed by atoms with van der Waals surface area (Å²) in [4.78, 5) is 19.2. The van der Waals surface area contributed by atoms with E-state index >= 15 is 0 Å². The fourth-order valence-electron chi connectivity index (χ4n) is 3.13. The summed E-state index contributed by atoms with van der Waals surface area (Å²) in [6.45, 7) is 2.32. The molecule has 2 aliphatic rings. The van der Waals surface area contributed by atoms with Crippen molar-refractivity contribution in [2.24, 2.45) is 10.9 Å². The van der Waals surface area contributed by atoms with Gasteiger partial charge in [0.15, 0.2) is 5.17 Å². The zero-order valence-corrected chi connectivity index (χ0v) is 16.5. The summed E-state index contributed by atoms with van der Waals surface area (Å²) < 4.78 is 28.0. The number of carbonyl (C=O) groups excluding carboxylic acids is 1. The van der Waals surface area contributed by atoms with Gasteiger partial charge in [-0.1, -0.05) is 35.5 Å². The summed E-state index contributed by atoms with van der Waals surface area (Å²) in [5.41, 5.74) is 7.31. The molecule has 0 radical (unpaired) electrons. The molecule has 2 atom stereocenters. The number of aryl methyl sites for hydroxylation is 1. The first-order valence-electron chi connectivity index (χ1n) is 8.67. The Bertz CT molecular complexity index is 951. The van der Waals surface area contributed by atoms with Crippen LogP contribution in [0.3, 0.4) is 0 Å². The predicted octanol–water partition coefficient (Wildman–Crippen LogP) is 3.61. The fraction of sp³-hybridized carbons (Fsp3) is 0.263. The molecule has 2 unspecified atom stereocenters. The summed E-state index contributed by atoms with van der Waals surface area (Å²) in [6, 6.07) is 9.05. The van der Waals surface area contributed by atoms with Crippen LogP contribution in [0.4, 0.5) is 14.5 Å². The van der Waals surface area contributed by atoms with E-state index in [9.17, 15) is 13.6 Å². The molecule has 1 amide bonds. The molecule has 4 rings (SSSR count). The van der Waals surface area contributed by atoms with E-state index in [1.807, 2.05) is 13.0 Å². The number of carbonyl (C=O) groups is 1. The standard InChI is InChI=1S/C19H17ClF2N4OS/c1-10-5-6-11(7-14(10)20)26-18(27)12-8-23-25-17(12)24-19(26)28-9-13-15(21)3-2-4-16(13)22/h2-7,12,17,23,25H,8-9H2,1H3. The smallest absolute Gasteiger partial charge is 0.241 e. The van der Waals surface area contributed by atoms with Crippen LogP contribution >= 0.6 is 23.4 Å². The molecule has 2 aromatic carbocycles. The number of amidine groups is 1. The highest BCUT2D eigenvalue weighted by Gasteiger charge is 2.42. The molecule has 1 saturated heterocycles. The van der Waals surface area contributed by atoms with Crippen molar-refractivity contribution in [3.05, 3.63) is 64.2 Å². The van der Waals surface area contributed by atoms with Crippen molar-refractivity contribution in [3.8, 4) is 0 Å². The Hall–Kier alpha value is -2.00. The van der Waals surface area contributed by atoms with Gasteiger partial charge in [0.25, 0.3) is 0 Å². The number of hydrazine groups is 1. The molecule has 0 bridgehead atoms. The lowest BCUT2D eigenvalue weighted by Gasteiger charge is -2.32. The molecular formula is C19H17ClF2N4OS. The molecule has 0 aliphatic carbocycles. The zero-order chi connectivity index (χ0) is 19.8. The number of aliphatic imine (C=N–C) groups is 1. The van der Waals surface area contributed by atoms with E-state index in [2.05, 4.69) is 15.8 Å². The number of thioether (sulfide) groups is 1. The fourth-order valence-corrected chi connectivity index (χ4v) is 4.37. The van der Waals surface area contributed by atoms with Crippen LogP contribution < -0.4 is 15.8 Å². The van der Waals surface area contributed by atoms with Crippen molar-refractivity contribution in [1.82, 2.24) is 10.9 Å². The summed E-state index contributed by atoms with van der Waals surface area (Å²) in [5.74, 6) is -1.76. The molecule has 0 aromatic heterocycles. The van der Waals surface area contributed by atoms with E-state index in [1.165, 1.54) is 23.1 Å². The van der Waals surface area contributed by atoms with Crippen molar-refractivity contribution in [2.75, 3.05) is 11.4 Å². The summed E-state index contributed by atoms with van der Waals surface area (Å²) in [6.07, 6.45) is -0.419. The maximum Gasteiger partial charge on any atom is 0.241 e. The number of amides is 1. The third-order valence-electron chi connectivity index (χ3n) is 4.75. The first-order valence-corrected chi connectivity index (χ1v) is 10.0. The molecule has 146 valence electrons. The predicted molar refractivity (Wildman–Crippen MR) is 107 cm³/mol. The first kappa shape index (κ1) is 19.3. The molecule has 2 aromatic rings. The van der Waals surface area contributed by atoms with E-state index < -0.39 is 17.8 Å². The molecule has 1 fully saturated rings. The van der Waals surface area contributed by atoms with Crippen molar-refractivity contribution in [1.29, 1.82) is 0 Å². The number of fused-ring (bicyclic) bond motifs is 1. The normalized spacial score (nSPS) is 21.6. The average molecular weight is 423 g/mol. The van der Waals surface area contributed by atoms with Crippen LogP contribution in [0.2, 0.25) is 5.02 Å². The summed E-state index contributed by atoms with van der Waals surface area (Å²) in [7, 11) is 0. The minimum absolute atomic E-state index is 0.00548. The van der Waals surface area contributed by atoms with E-state index in [-0.39, 0.29) is 23.1 Å². The van der Waals surface area contributed by atoms with Crippen LogP contribution in [0.5, 0.6) is 0 Å². The molecule has 28 heavy (non-hydrogen) atoms. The molecule has 5 nitrogen and oxygen atoms in total. The largest absolute Gasteiger partial charge is 0.274 e. The van der Waals surface area contributed by atoms with Crippen LogP contribution in [0, 0.1) is 24.5 Å². The second-order valence-corrected chi connectivity index (χ2v) is 7.93. The molecule has 9 heteroatoms. The Morgan fingerprint density at radius 2 is 2.04 bits per heavy atom. The summed E-state index contributed by atoms with van der Waals surface area (Å²) >= 11 is 7.35. The quantitative estimate of drug-likeness (QED) is 0.793. The van der Waals surface area contributed by atoms with E-state index in [0.717, 1.165) is 17.3 Å². The van der Waals surface area contributed by atoms with Crippen molar-refractivity contribution >= 4 is 40.1 Å². The van der Waals surface area contributed by atoms with Crippen LogP contribution in [-0.4, -0.2) is 23.8 Å². The molecule has 0 saturated carbocycles. The van der Waals surface area contributed by atoms with E-state index in [1.54, 1.807) is 12.1 Å². The summed E-state index contributed by atoms with van der Waals surface area (Å²) in [5, 5.41) is 0.893. The van der Waals surface area contributed by atoms with E-state index in [0.29, 0.717) is 22.4 Å². The number of nitrogens with one attached hydrogen (secondary N) is 2. The minimum atomic E-state index is -0.626. The number of halogens is 3. The van der Waals surface area contributed by atoms with Gasteiger partial charge in [-0.15, -0.1) is 0 Å². The zero-order valence-electron chi connectivity index (χ0n) is 14.9. The molecule has 0 spiro atoms. The minimum Gasteiger partial charge on any atom is -0.274 e. The van der Waals surface area contributed by atoms with Gasteiger partial charge in [-0.25, -0.2) is 19.2 Å². The Morgan fingerprint density at radius 3 is 2.75 bits per heavy atom. The Labute approximate surface area is 170 Å². The third-order valence-corrected chi connectivity index (χ3v) is 6.14. The van der Waals surface area contributed by atoms with Crippen molar-refractivity contribution in [3.63, 3.8) is 0 Å². The molecule has 2 aliphatic heterocycles. The molecule has 2 heterocycles. The number of rotatable bonds is 3. The van der Waals surface area contributed by atoms with Gasteiger partial charge in [0, 0.05) is 22.9 Å². The monoisotopic (exact) mass is 422 g/mol. The number of hydrogen-bond acceptors (Lipinski definition) is 5. The van der Waals surface area contributed by atoms with Crippen molar-refractivity contribution < 1.29 is 13.6 Å². The topological polar surface area (TPSA) is 56.7 Å². The lowest BCUT2D eigenvalue weighted by molar-refractivity contribution is -0.121. The highest BCUT2D eigenvalue weighted by Crippen LogP contribution is 2.33. The van der Waals surface area contributed by atoms with Crippen LogP contribution in [0.15, 0.2) is 41.4 Å². The highest BCUT2D eigenvalue weighted by atomic mass is 35.5. The number of hydrogen-bond donors (Lipinski definition) is 2. The molecular weight excluding hydrogens is 406 g/mol. The highest BCUT2D eigenvalue weighted by molar-refractivity contribution is 8.13. The Morgan fingerprint density at radius 1 is 1.29 bits per heavy atom. The second kappa shape index (κ2) is 7.79. The number of anilines is 1. The van der Waals surface area contributed by atoms with Gasteiger partial charge >= 0.3 is 0 Å². The van der Waals surface area contributed by atoms with Crippen LogP contribution in [-0.2, 0) is 10.5 Å². The third kappa shape index (κ3) is 3.53. The van der Waals surface area contributed by atoms with Gasteiger partial charge in [-0.3, -0.25) is 15.1 Å². The SMILES string of the molecule is Cc1ccc(N2C(=O)C3CNNC3N=C2SCc2c(F)cccc2F)cc1Cl. The van der Waals surface area contributed by atoms with Gasteiger partial charge in [0.05, 0.1) is 11.6 Å². The Balaban J connectivity index is 1.68. The second-order valence-electron chi connectivity index (χ2n) is 6.58. The van der Waals surface area contributed by atoms with Gasteiger partial charge in [-0.2, -0.15) is 0 Å². The maximum atomic E-state index is 14.0. The average Bonchev–Trinajstić information content (AvgIpc) is 3.13. The maximum absolute atomic E-state index is 14.0. The van der Waals surface area contributed by atoms with Crippen molar-refractivity contribution in [2.45, 2.75) is 18.8 Å². The number of benzene rings is 2. The number of nitrogens with zero attached hydrogens (tertiary/aromatic N) is 2. The van der Waals surface area contributed by atoms with Gasteiger partial charge in [0.2, 0.25) is 5.91 Å². The van der Waals surface area contributed by atoms with Crippen LogP contribution in [0.1, 0.15) is 11.1 Å². The van der Waals surface area contributed by atoms with Crippen LogP contribution in [0.25, 0.3) is 0 Å². The molecule has 2 N–H and O–H groups in total. The van der Waals surface area contributed by atoms with Gasteiger partial charge in [0.1, 0.15) is 17.8 Å². The van der Waals surface area contributed by atoms with E-state index in [4.69, 9.17) is 11.6 Å². The Kier molecular flexibility index (Phi) is 5.37.